The number of carbonyl (C=O) groups excluding carboxylic acids is 1. The van der Waals surface area contributed by atoms with Gasteiger partial charge in [0.1, 0.15) is 0 Å². The number of hydrogen-bond donors (Lipinski definition) is 0. The smallest absolute Gasteiger partial charge is 0.208 e. The van der Waals surface area contributed by atoms with Gasteiger partial charge in [0.2, 0.25) is 11.5 Å². The van der Waals surface area contributed by atoms with Gasteiger partial charge in [-0.2, -0.15) is 0 Å². The van der Waals surface area contributed by atoms with Crippen LogP contribution in [0.15, 0.2) is 12.1 Å². The molecule has 0 N–H and O–H groups in total. The quantitative estimate of drug-likeness (QED) is 0.250. The summed E-state index contributed by atoms with van der Waals surface area (Å²) in [7, 11) is 9.50. The molecule has 8 heteroatoms. The molecule has 0 aromatic heterocycles. The minimum absolute atomic E-state index is 0.0191. The normalized spacial score (nSPS) is 13.1. The first-order valence-corrected chi connectivity index (χ1v) is 12.8. The van der Waals surface area contributed by atoms with Crippen LogP contribution >= 0.6 is 0 Å². The highest BCUT2D eigenvalue weighted by Gasteiger charge is 2.28. The van der Waals surface area contributed by atoms with E-state index in [4.69, 9.17) is 28.4 Å². The molecule has 0 radical (unpaired) electrons. The first kappa shape index (κ1) is 28.4. The van der Waals surface area contributed by atoms with Gasteiger partial charge in [-0.25, -0.2) is 0 Å². The zero-order valence-corrected chi connectivity index (χ0v) is 23.3. The Bertz CT molecular complexity index is 1080. The molecule has 1 heterocycles. The maximum absolute atomic E-state index is 13.2. The number of rotatable bonds is 14. The van der Waals surface area contributed by atoms with Crippen LogP contribution in [0, 0.1) is 6.92 Å². The SMILES string of the molecule is COc1cc2c(cc1OC)CN(CCCCCCC(=O)c1c(C)c(OC)c(OC)c(OC)c1OC)CC2. The lowest BCUT2D eigenvalue weighted by Crippen LogP contribution is -2.31. The molecule has 1 aliphatic heterocycles. The predicted molar refractivity (Wildman–Crippen MR) is 143 cm³/mol. The second kappa shape index (κ2) is 13.4. The number of carbonyl (C=O) groups is 1. The molecule has 0 amide bonds. The number of benzene rings is 2. The number of fused-ring (bicyclic) bond motifs is 1. The zero-order valence-electron chi connectivity index (χ0n) is 23.3. The Morgan fingerprint density at radius 1 is 0.730 bits per heavy atom. The van der Waals surface area contributed by atoms with E-state index in [0.717, 1.165) is 63.2 Å². The van der Waals surface area contributed by atoms with Crippen molar-refractivity contribution in [3.63, 3.8) is 0 Å². The van der Waals surface area contributed by atoms with Gasteiger partial charge < -0.3 is 28.4 Å². The van der Waals surface area contributed by atoms with Crippen molar-refractivity contribution in [2.24, 2.45) is 0 Å². The Hall–Kier alpha value is -3.13. The lowest BCUT2D eigenvalue weighted by molar-refractivity contribution is 0.0974. The molecule has 2 aromatic rings. The molecule has 37 heavy (non-hydrogen) atoms. The largest absolute Gasteiger partial charge is 0.493 e. The highest BCUT2D eigenvalue weighted by Crippen LogP contribution is 2.49. The van der Waals surface area contributed by atoms with E-state index in [0.29, 0.717) is 40.5 Å². The van der Waals surface area contributed by atoms with Crippen molar-refractivity contribution < 1.29 is 33.2 Å². The summed E-state index contributed by atoms with van der Waals surface area (Å²) in [5, 5.41) is 0. The first-order valence-electron chi connectivity index (χ1n) is 12.8. The van der Waals surface area contributed by atoms with Crippen LogP contribution in [0.4, 0.5) is 0 Å². The molecule has 0 unspecified atom stereocenters. The molecular formula is C29H41NO7. The lowest BCUT2D eigenvalue weighted by atomic mass is 9.96. The van der Waals surface area contributed by atoms with Crippen LogP contribution in [0.2, 0.25) is 0 Å². The third-order valence-corrected chi connectivity index (χ3v) is 7.08. The van der Waals surface area contributed by atoms with E-state index in [9.17, 15) is 4.79 Å². The fraction of sp³-hybridized carbons (Fsp3) is 0.552. The summed E-state index contributed by atoms with van der Waals surface area (Å²) in [6.45, 7) is 4.86. The highest BCUT2D eigenvalue weighted by atomic mass is 16.5. The molecule has 0 saturated carbocycles. The summed E-state index contributed by atoms with van der Waals surface area (Å²) in [4.78, 5) is 15.7. The van der Waals surface area contributed by atoms with Crippen molar-refractivity contribution in [1.29, 1.82) is 0 Å². The monoisotopic (exact) mass is 515 g/mol. The molecule has 0 fully saturated rings. The predicted octanol–water partition coefficient (Wildman–Crippen LogP) is 5.24. The van der Waals surface area contributed by atoms with Crippen LogP contribution in [-0.4, -0.2) is 66.4 Å². The van der Waals surface area contributed by atoms with E-state index >= 15 is 0 Å². The molecule has 0 saturated heterocycles. The van der Waals surface area contributed by atoms with Crippen LogP contribution < -0.4 is 28.4 Å². The number of methoxy groups -OCH3 is 6. The first-order chi connectivity index (χ1) is 17.9. The fourth-order valence-corrected chi connectivity index (χ4v) is 5.15. The van der Waals surface area contributed by atoms with Crippen LogP contribution in [0.25, 0.3) is 0 Å². The molecule has 0 bridgehead atoms. The van der Waals surface area contributed by atoms with Gasteiger partial charge in [-0.1, -0.05) is 12.8 Å². The highest BCUT2D eigenvalue weighted by molar-refractivity contribution is 6.02. The summed E-state index contributed by atoms with van der Waals surface area (Å²) in [5.74, 6) is 3.27. The zero-order chi connectivity index (χ0) is 26.9. The molecule has 1 aliphatic rings. The van der Waals surface area contributed by atoms with E-state index in [1.165, 1.54) is 32.5 Å². The second-order valence-corrected chi connectivity index (χ2v) is 9.22. The second-order valence-electron chi connectivity index (χ2n) is 9.22. The van der Waals surface area contributed by atoms with Crippen LogP contribution in [0.3, 0.4) is 0 Å². The standard InChI is InChI=1S/C29H41NO7/c1-19-25(27(35-5)29(37-7)28(36-6)26(19)34-4)22(31)12-10-8-9-11-14-30-15-13-20-16-23(32-2)24(33-3)17-21(20)18-30/h16-17H,8-15,18H2,1-7H3. The third kappa shape index (κ3) is 6.24. The number of hydrogen-bond acceptors (Lipinski definition) is 8. The van der Waals surface area contributed by atoms with E-state index in [1.807, 2.05) is 6.92 Å². The molecule has 0 spiro atoms. The molecule has 204 valence electrons. The van der Waals surface area contributed by atoms with Crippen molar-refractivity contribution >= 4 is 5.78 Å². The summed E-state index contributed by atoms with van der Waals surface area (Å²) in [6, 6.07) is 4.21. The molecule has 3 rings (SSSR count). The maximum Gasteiger partial charge on any atom is 0.208 e. The van der Waals surface area contributed by atoms with Crippen molar-refractivity contribution in [2.45, 2.75) is 52.0 Å². The summed E-state index contributed by atoms with van der Waals surface area (Å²) in [5.41, 5.74) is 3.84. The maximum atomic E-state index is 13.2. The Balaban J connectivity index is 1.52. The Kier molecular flexibility index (Phi) is 10.3. The van der Waals surface area contributed by atoms with Crippen LogP contribution in [-0.2, 0) is 13.0 Å². The van der Waals surface area contributed by atoms with Crippen LogP contribution in [0.1, 0.15) is 59.2 Å². The molecule has 0 atom stereocenters. The van der Waals surface area contributed by atoms with E-state index < -0.39 is 0 Å². The Morgan fingerprint density at radius 3 is 1.89 bits per heavy atom. The fourth-order valence-electron chi connectivity index (χ4n) is 5.15. The average Bonchev–Trinajstić information content (AvgIpc) is 2.92. The summed E-state index contributed by atoms with van der Waals surface area (Å²) >= 11 is 0. The van der Waals surface area contributed by atoms with Crippen LogP contribution in [0.5, 0.6) is 34.5 Å². The van der Waals surface area contributed by atoms with E-state index in [-0.39, 0.29) is 5.78 Å². The van der Waals surface area contributed by atoms with E-state index in [1.54, 1.807) is 21.3 Å². The summed E-state index contributed by atoms with van der Waals surface area (Å²) < 4.78 is 33.0. The number of ketones is 1. The number of ether oxygens (including phenoxy) is 6. The number of unbranched alkanes of at least 4 members (excludes halogenated alkanes) is 3. The minimum Gasteiger partial charge on any atom is -0.493 e. The third-order valence-electron chi connectivity index (χ3n) is 7.08. The van der Waals surface area contributed by atoms with Gasteiger partial charge in [0.05, 0.1) is 48.2 Å². The van der Waals surface area contributed by atoms with Gasteiger partial charge in [-0.3, -0.25) is 9.69 Å². The number of nitrogens with zero attached hydrogens (tertiary/aromatic N) is 1. The molecule has 2 aromatic carbocycles. The Morgan fingerprint density at radius 2 is 1.30 bits per heavy atom. The molecule has 8 nitrogen and oxygen atoms in total. The Labute approximate surface area is 220 Å². The number of Topliss-reactive ketones (excluding diaryl/α,β-unsaturated/α-hetero) is 1. The summed E-state index contributed by atoms with van der Waals surface area (Å²) in [6.07, 6.45) is 5.44. The van der Waals surface area contributed by atoms with Gasteiger partial charge in [-0.15, -0.1) is 0 Å². The van der Waals surface area contributed by atoms with Gasteiger partial charge in [-0.05, 0) is 56.0 Å². The van der Waals surface area contributed by atoms with Gasteiger partial charge in [0.25, 0.3) is 0 Å². The van der Waals surface area contributed by atoms with Crippen molar-refractivity contribution in [2.75, 3.05) is 55.7 Å². The molecular weight excluding hydrogens is 474 g/mol. The van der Waals surface area contributed by atoms with Gasteiger partial charge >= 0.3 is 0 Å². The van der Waals surface area contributed by atoms with Gasteiger partial charge in [0.15, 0.2) is 28.8 Å². The lowest BCUT2D eigenvalue weighted by Gasteiger charge is -2.29. The average molecular weight is 516 g/mol. The topological polar surface area (TPSA) is 75.7 Å². The minimum atomic E-state index is 0.0191. The molecule has 0 aliphatic carbocycles. The van der Waals surface area contributed by atoms with Crippen molar-refractivity contribution in [1.82, 2.24) is 4.90 Å². The van der Waals surface area contributed by atoms with E-state index in [2.05, 4.69) is 17.0 Å². The van der Waals surface area contributed by atoms with Crippen molar-refractivity contribution in [3.8, 4) is 34.5 Å². The van der Waals surface area contributed by atoms with Gasteiger partial charge in [0, 0.05) is 25.1 Å². The van der Waals surface area contributed by atoms with Crippen molar-refractivity contribution in [3.05, 3.63) is 34.4 Å².